The Morgan fingerprint density at radius 2 is 0.442 bits per heavy atom. The summed E-state index contributed by atoms with van der Waals surface area (Å²) < 4.78 is 20.2. The van der Waals surface area contributed by atoms with Gasteiger partial charge in [0, 0.05) is 127 Å². The van der Waals surface area contributed by atoms with Gasteiger partial charge in [0.25, 0.3) is 47.3 Å². The summed E-state index contributed by atoms with van der Waals surface area (Å²) in [5.74, 6) is -8.75. The van der Waals surface area contributed by atoms with Crippen molar-refractivity contribution in [3.63, 3.8) is 0 Å². The van der Waals surface area contributed by atoms with Crippen molar-refractivity contribution in [3.05, 3.63) is 396 Å². The minimum atomic E-state index is -1.29. The molecule has 129 heavy (non-hydrogen) atoms. The largest absolute Gasteiger partial charge is 0.421 e. The Hall–Kier alpha value is -17.8. The van der Waals surface area contributed by atoms with Crippen LogP contribution in [0.25, 0.3) is 132 Å². The van der Waals surface area contributed by atoms with Crippen LogP contribution in [0.3, 0.4) is 0 Å². The van der Waals surface area contributed by atoms with E-state index in [1.54, 1.807) is 26.0 Å². The zero-order chi connectivity index (χ0) is 87.6. The van der Waals surface area contributed by atoms with Gasteiger partial charge in [0.05, 0.1) is 89.6 Å². The maximum absolute atomic E-state index is 15.8. The summed E-state index contributed by atoms with van der Waals surface area (Å²) in [5, 5.41) is 8.30. The first-order valence-corrected chi connectivity index (χ1v) is 41.8. The van der Waals surface area contributed by atoms with Gasteiger partial charge < -0.3 is 27.7 Å². The molecule has 16 aromatic carbocycles. The number of imide groups is 4. The summed E-state index contributed by atoms with van der Waals surface area (Å²) in [5.41, 5.74) is 9.33. The lowest BCUT2D eigenvalue weighted by Gasteiger charge is -2.34. The molecule has 0 bridgehead atoms. The second kappa shape index (κ2) is 27.6. The fourth-order valence-corrected chi connectivity index (χ4v) is 20.2. The molecule has 4 aliphatic rings. The van der Waals surface area contributed by atoms with Gasteiger partial charge in [0.2, 0.25) is 0 Å². The average Bonchev–Trinajstić information content (AvgIpc) is 1.60. The molecule has 20 nitrogen and oxygen atoms in total. The van der Waals surface area contributed by atoms with Gasteiger partial charge in [-0.15, -0.1) is 0 Å². The fourth-order valence-electron chi connectivity index (χ4n) is 20.2. The Morgan fingerprint density at radius 3 is 0.651 bits per heavy atom. The molecule has 0 saturated carbocycles. The van der Waals surface area contributed by atoms with Crippen LogP contribution in [0.4, 0.5) is 22.7 Å². The third-order valence-corrected chi connectivity index (χ3v) is 26.0. The Labute approximate surface area is 731 Å². The maximum Gasteiger partial charge on any atom is 0.335 e. The molecule has 0 spiro atoms. The van der Waals surface area contributed by atoms with Crippen molar-refractivity contribution < 1.29 is 57.4 Å². The molecular formula is C109H64N8O12. The zero-order valence-corrected chi connectivity index (χ0v) is 68.6. The number of hydrogen-bond donors (Lipinski definition) is 0. The molecule has 4 aliphatic heterocycles. The third kappa shape index (κ3) is 10.6. The molecule has 20 aromatic rings. The fraction of sp³-hybridized carbons (Fsp3) is 0.0275. The van der Waals surface area contributed by atoms with Crippen LogP contribution in [0, 0.1) is 0 Å². The highest BCUT2D eigenvalue weighted by atomic mass is 16.5. The molecule has 0 N–H and O–H groups in total. The summed E-state index contributed by atoms with van der Waals surface area (Å²) in [6.07, 6.45) is 1.84. The van der Waals surface area contributed by atoms with Gasteiger partial charge in [0.1, 0.15) is 0 Å². The predicted octanol–water partition coefficient (Wildman–Crippen LogP) is 22.1. The molecule has 0 unspecified atom stereocenters. The molecule has 0 fully saturated rings. The van der Waals surface area contributed by atoms with E-state index in [0.717, 1.165) is 119 Å². The lowest BCUT2D eigenvalue weighted by molar-refractivity contribution is -0.129. The molecule has 8 heterocycles. The van der Waals surface area contributed by atoms with Crippen molar-refractivity contribution in [2.75, 3.05) is 19.6 Å². The zero-order valence-electron chi connectivity index (χ0n) is 68.6. The van der Waals surface area contributed by atoms with Crippen molar-refractivity contribution in [2.45, 2.75) is 19.3 Å². The number of carbonyl (C=O) groups excluding carboxylic acids is 10. The van der Waals surface area contributed by atoms with E-state index in [-0.39, 0.29) is 100 Å². The van der Waals surface area contributed by atoms with E-state index in [4.69, 9.17) is 9.47 Å². The molecule has 0 radical (unpaired) electrons. The molecule has 20 heteroatoms. The number of amides is 8. The topological polar surface area (TPSA) is 222 Å². The van der Waals surface area contributed by atoms with Crippen LogP contribution in [-0.2, 0) is 15.0 Å². The van der Waals surface area contributed by atoms with E-state index < -0.39 is 64.6 Å². The third-order valence-electron chi connectivity index (χ3n) is 26.0. The van der Waals surface area contributed by atoms with Crippen LogP contribution in [0.1, 0.15) is 108 Å². The number of benzene rings is 16. The second-order valence-corrected chi connectivity index (χ2v) is 33.1. The highest BCUT2D eigenvalue weighted by Crippen LogP contribution is 2.50. The summed E-state index contributed by atoms with van der Waals surface area (Å²) >= 11 is 0. The lowest BCUT2D eigenvalue weighted by Crippen LogP contribution is -2.44. The first-order valence-electron chi connectivity index (χ1n) is 41.8. The monoisotopic (exact) mass is 1680 g/mol. The van der Waals surface area contributed by atoms with E-state index in [2.05, 4.69) is 92.1 Å². The minimum absolute atomic E-state index is 0.0488. The van der Waals surface area contributed by atoms with Crippen molar-refractivity contribution in [3.8, 4) is 34.2 Å². The van der Waals surface area contributed by atoms with Crippen molar-refractivity contribution in [1.29, 1.82) is 0 Å². The molecule has 0 saturated heterocycles. The van der Waals surface area contributed by atoms with Crippen LogP contribution < -0.4 is 29.1 Å². The molecule has 0 aliphatic carbocycles. The van der Waals surface area contributed by atoms with Gasteiger partial charge in [-0.2, -0.15) is 0 Å². The number of carbonyl (C=O) groups is 10. The van der Waals surface area contributed by atoms with Crippen LogP contribution in [0.5, 0.6) is 11.5 Å². The van der Waals surface area contributed by atoms with E-state index in [9.17, 15) is 9.59 Å². The molecule has 24 rings (SSSR count). The predicted molar refractivity (Wildman–Crippen MR) is 499 cm³/mol. The minimum Gasteiger partial charge on any atom is -0.421 e. The number of ether oxygens (including phenoxy) is 2. The number of nitrogens with zero attached hydrogens (tertiary/aromatic N) is 8. The normalized spacial score (nSPS) is 13.8. The smallest absolute Gasteiger partial charge is 0.335 e. The number of rotatable bonds is 14. The van der Waals surface area contributed by atoms with E-state index in [1.165, 1.54) is 72.8 Å². The highest BCUT2D eigenvalue weighted by Gasteiger charge is 2.46. The Kier molecular flexibility index (Phi) is 16.1. The van der Waals surface area contributed by atoms with Gasteiger partial charge in [-0.25, -0.2) is 29.2 Å². The van der Waals surface area contributed by atoms with Gasteiger partial charge in [0.15, 0.2) is 11.5 Å². The molecule has 8 amide bonds. The van der Waals surface area contributed by atoms with Crippen LogP contribution in [0.2, 0.25) is 0 Å². The van der Waals surface area contributed by atoms with E-state index >= 15 is 38.4 Å². The molecule has 4 aromatic heterocycles. The average molecular weight is 1680 g/mol. The first-order chi connectivity index (χ1) is 62.8. The van der Waals surface area contributed by atoms with Crippen molar-refractivity contribution in [1.82, 2.24) is 18.3 Å². The SMILES string of the molecule is C=CC(=O)Oc1ccc(C(C)(C)c2ccc(OC(=O)C=C)c(N3C(=O)c4ccc5c6c(ccc(c46)C3=O)C(=O)N(c3cc(-n4c6ccccc6c6ccccc64)cc(-n4c6ccccc6c6ccccc64)c3)C5=O)c2)cc1N1C(=O)c2ccc3c4c(ccc(c24)C1=O)C(=O)N(c1cc(-n2c4ccccc4c4ccccc42)cc(-n2c4ccccc4c4ccccc42)c1)C3=O. The summed E-state index contributed by atoms with van der Waals surface area (Å²) in [6, 6.07) is 96.6. The van der Waals surface area contributed by atoms with Crippen molar-refractivity contribution in [2.24, 2.45) is 0 Å². The Bertz CT molecular complexity index is 7630. The second-order valence-electron chi connectivity index (χ2n) is 33.1. The Balaban J connectivity index is 0.581. The number of fused-ring (bicyclic) bond motifs is 12. The molecular weight excluding hydrogens is 1610 g/mol. The quantitative estimate of drug-likeness (QED) is 0.0429. The lowest BCUT2D eigenvalue weighted by atomic mass is 9.77. The van der Waals surface area contributed by atoms with Gasteiger partial charge in [-0.3, -0.25) is 38.4 Å². The number of anilines is 4. The molecule has 612 valence electrons. The van der Waals surface area contributed by atoms with Crippen LogP contribution >= 0.6 is 0 Å². The summed E-state index contributed by atoms with van der Waals surface area (Å²) in [7, 11) is 0. The summed E-state index contributed by atoms with van der Waals surface area (Å²) in [6.45, 7) is 10.8. The van der Waals surface area contributed by atoms with Gasteiger partial charge in [-0.05, 0) is 169 Å². The first kappa shape index (κ1) is 75.0. The van der Waals surface area contributed by atoms with Gasteiger partial charge >= 0.3 is 11.9 Å². The number of esters is 2. The standard InChI is InChI=1S/C109H64N8O12/c1-5-95(118)128-93-49-39-59(51-91(93)116-105(124)79-45-41-75-97-76(42-46-80(99(79)97)106(116)125)102(121)114(101(75)120)65-55-61(110-83-31-15-7-23-67(83)68-24-8-16-32-84(68)110)53-62(56-65)111-85-33-17-9-25-69(85)70-26-10-18-34-86(70)111)109(3,4)60-40-50-94(129-96(119)6-2)92(52-60)117-107(126)81-47-43-77-98-78(44-48-82(100(81)98)108(117)127)104(123)115(103(77)122)66-57-63(112-87-35-19-11-27-71(87)72-28-12-20-36-88(72)112)54-64(58-66)113-89-37-21-13-29-73(89)74-30-14-22-38-90(74)113/h5-58H,1-2H2,3-4H3. The number of para-hydroxylation sites is 8. The number of hydrogen-bond acceptors (Lipinski definition) is 12. The maximum atomic E-state index is 15.8. The van der Waals surface area contributed by atoms with Crippen LogP contribution in [-0.4, -0.2) is 77.5 Å². The summed E-state index contributed by atoms with van der Waals surface area (Å²) in [4.78, 5) is 157. The van der Waals surface area contributed by atoms with E-state index in [1.807, 2.05) is 170 Å². The van der Waals surface area contributed by atoms with Crippen molar-refractivity contribution >= 4 is 191 Å². The Morgan fingerprint density at radius 1 is 0.248 bits per heavy atom. The van der Waals surface area contributed by atoms with E-state index in [0.29, 0.717) is 33.9 Å². The van der Waals surface area contributed by atoms with Crippen LogP contribution in [0.15, 0.2) is 341 Å². The molecule has 0 atom stereocenters. The van der Waals surface area contributed by atoms with Gasteiger partial charge in [-0.1, -0.05) is 185 Å². The highest BCUT2D eigenvalue weighted by molar-refractivity contribution is 6.44. The number of aromatic nitrogens is 4.